The average Bonchev–Trinajstić information content (AvgIpc) is 2.82. The Balaban J connectivity index is 2.12. The van der Waals surface area contributed by atoms with Crippen molar-refractivity contribution in [2.45, 2.75) is 6.42 Å². The van der Waals surface area contributed by atoms with E-state index in [0.29, 0.717) is 12.4 Å². The molecule has 0 bridgehead atoms. The van der Waals surface area contributed by atoms with Gasteiger partial charge in [-0.15, -0.1) is 0 Å². The minimum Gasteiger partial charge on any atom is -0.478 e. The number of nitrogens with zero attached hydrogens (tertiary/aromatic N) is 2. The molecule has 0 unspecified atom stereocenters. The second-order valence-electron chi connectivity index (χ2n) is 4.36. The summed E-state index contributed by atoms with van der Waals surface area (Å²) in [4.78, 5) is 17.0. The van der Waals surface area contributed by atoms with Crippen LogP contribution in [0.25, 0.3) is 0 Å². The number of hydrogen-bond acceptors (Lipinski definition) is 3. The number of aromatic nitrogens is 1. The molecule has 1 N–H and O–H groups in total. The van der Waals surface area contributed by atoms with Crippen LogP contribution < -0.4 is 4.90 Å². The fourth-order valence-corrected chi connectivity index (χ4v) is 2.36. The van der Waals surface area contributed by atoms with Crippen molar-refractivity contribution in [1.29, 1.82) is 0 Å². The van der Waals surface area contributed by atoms with Gasteiger partial charge in [0.2, 0.25) is 0 Å². The van der Waals surface area contributed by atoms with Crippen LogP contribution in [-0.4, -0.2) is 22.6 Å². The standard InChI is InChI=1S/C14H11FN2O2/c15-10-7-11(14(18)19)13(16-8-10)17-6-5-9-3-1-2-4-12(9)17/h1-4,7-8H,5-6H2,(H,18,19). The molecule has 1 aliphatic rings. The van der Waals surface area contributed by atoms with E-state index in [1.165, 1.54) is 0 Å². The van der Waals surface area contributed by atoms with Gasteiger partial charge in [0.1, 0.15) is 17.2 Å². The zero-order valence-electron chi connectivity index (χ0n) is 10.0. The molecule has 3 rings (SSSR count). The summed E-state index contributed by atoms with van der Waals surface area (Å²) in [6, 6.07) is 8.75. The highest BCUT2D eigenvalue weighted by atomic mass is 19.1. The van der Waals surface area contributed by atoms with Crippen LogP contribution in [0.5, 0.6) is 0 Å². The van der Waals surface area contributed by atoms with Crippen molar-refractivity contribution in [3.05, 3.63) is 53.5 Å². The minimum absolute atomic E-state index is 0.114. The SMILES string of the molecule is O=C(O)c1cc(F)cnc1N1CCc2ccccc21. The molecule has 2 aromatic rings. The first-order chi connectivity index (χ1) is 9.16. The maximum atomic E-state index is 13.1. The highest BCUT2D eigenvalue weighted by Gasteiger charge is 2.25. The lowest BCUT2D eigenvalue weighted by Crippen LogP contribution is -2.18. The van der Waals surface area contributed by atoms with Gasteiger partial charge in [0.05, 0.1) is 6.20 Å². The van der Waals surface area contributed by atoms with Gasteiger partial charge in [-0.3, -0.25) is 0 Å². The average molecular weight is 258 g/mol. The van der Waals surface area contributed by atoms with Crippen LogP contribution in [0.15, 0.2) is 36.5 Å². The van der Waals surface area contributed by atoms with Crippen molar-refractivity contribution in [2.75, 3.05) is 11.4 Å². The zero-order chi connectivity index (χ0) is 13.4. The van der Waals surface area contributed by atoms with E-state index in [1.807, 2.05) is 29.2 Å². The molecule has 1 aromatic carbocycles. The molecule has 0 saturated carbocycles. The van der Waals surface area contributed by atoms with Crippen molar-refractivity contribution < 1.29 is 14.3 Å². The van der Waals surface area contributed by atoms with Crippen LogP contribution >= 0.6 is 0 Å². The first-order valence-electron chi connectivity index (χ1n) is 5.91. The molecule has 4 nitrogen and oxygen atoms in total. The lowest BCUT2D eigenvalue weighted by atomic mass is 10.2. The summed E-state index contributed by atoms with van der Waals surface area (Å²) in [5.74, 6) is -1.53. The number of para-hydroxylation sites is 1. The Bertz CT molecular complexity index is 658. The fraction of sp³-hybridized carbons (Fsp3) is 0.143. The van der Waals surface area contributed by atoms with Gasteiger partial charge in [-0.1, -0.05) is 18.2 Å². The molecule has 1 aromatic heterocycles. The number of anilines is 2. The van der Waals surface area contributed by atoms with Crippen LogP contribution in [0.3, 0.4) is 0 Å². The van der Waals surface area contributed by atoms with Gasteiger partial charge in [0.15, 0.2) is 0 Å². The maximum Gasteiger partial charge on any atom is 0.339 e. The van der Waals surface area contributed by atoms with Crippen molar-refractivity contribution in [1.82, 2.24) is 4.98 Å². The van der Waals surface area contributed by atoms with Crippen molar-refractivity contribution in [3.8, 4) is 0 Å². The number of carboxylic acid groups (broad SMARTS) is 1. The topological polar surface area (TPSA) is 53.4 Å². The predicted octanol–water partition coefficient (Wildman–Crippen LogP) is 2.61. The first-order valence-corrected chi connectivity index (χ1v) is 5.91. The highest BCUT2D eigenvalue weighted by Crippen LogP contribution is 2.34. The minimum atomic E-state index is -1.17. The molecule has 0 spiro atoms. The third kappa shape index (κ3) is 1.93. The largest absolute Gasteiger partial charge is 0.478 e. The molecule has 0 aliphatic carbocycles. The molecule has 2 heterocycles. The van der Waals surface area contributed by atoms with E-state index in [-0.39, 0.29) is 5.56 Å². The van der Waals surface area contributed by atoms with Gasteiger partial charge < -0.3 is 10.0 Å². The molecule has 0 radical (unpaired) electrons. The number of pyridine rings is 1. The number of aromatic carboxylic acids is 1. The Morgan fingerprint density at radius 1 is 1.37 bits per heavy atom. The smallest absolute Gasteiger partial charge is 0.339 e. The van der Waals surface area contributed by atoms with E-state index < -0.39 is 11.8 Å². The third-order valence-electron chi connectivity index (χ3n) is 3.21. The molecule has 0 amide bonds. The Hall–Kier alpha value is -2.43. The van der Waals surface area contributed by atoms with Crippen molar-refractivity contribution >= 4 is 17.5 Å². The molecule has 19 heavy (non-hydrogen) atoms. The molecular formula is C14H11FN2O2. The number of fused-ring (bicyclic) bond motifs is 1. The Morgan fingerprint density at radius 2 is 2.16 bits per heavy atom. The normalized spacial score (nSPS) is 13.4. The number of benzene rings is 1. The zero-order valence-corrected chi connectivity index (χ0v) is 10.0. The quantitative estimate of drug-likeness (QED) is 0.899. The molecular weight excluding hydrogens is 247 g/mol. The maximum absolute atomic E-state index is 13.1. The van der Waals surface area contributed by atoms with E-state index >= 15 is 0 Å². The van der Waals surface area contributed by atoms with Gasteiger partial charge in [-0.25, -0.2) is 14.2 Å². The molecule has 96 valence electrons. The number of carboxylic acids is 1. The Kier molecular flexibility index (Phi) is 2.67. The monoisotopic (exact) mass is 258 g/mol. The fourth-order valence-electron chi connectivity index (χ4n) is 2.36. The summed E-state index contributed by atoms with van der Waals surface area (Å²) in [5, 5.41) is 9.17. The second-order valence-corrected chi connectivity index (χ2v) is 4.36. The van der Waals surface area contributed by atoms with Gasteiger partial charge >= 0.3 is 5.97 Å². The van der Waals surface area contributed by atoms with Crippen LogP contribution in [0.1, 0.15) is 15.9 Å². The van der Waals surface area contributed by atoms with Gasteiger partial charge in [-0.05, 0) is 24.1 Å². The lowest BCUT2D eigenvalue weighted by Gasteiger charge is -2.20. The van der Waals surface area contributed by atoms with E-state index in [2.05, 4.69) is 4.98 Å². The third-order valence-corrected chi connectivity index (χ3v) is 3.21. The highest BCUT2D eigenvalue weighted by molar-refractivity contribution is 5.94. The number of halogens is 1. The lowest BCUT2D eigenvalue weighted by molar-refractivity contribution is 0.0696. The summed E-state index contributed by atoms with van der Waals surface area (Å²) in [5.41, 5.74) is 1.96. The van der Waals surface area contributed by atoms with Crippen molar-refractivity contribution in [2.24, 2.45) is 0 Å². The molecule has 0 atom stereocenters. The molecule has 0 saturated heterocycles. The number of hydrogen-bond donors (Lipinski definition) is 1. The van der Waals surface area contributed by atoms with Gasteiger partial charge in [-0.2, -0.15) is 0 Å². The number of carbonyl (C=O) groups is 1. The molecule has 1 aliphatic heterocycles. The van der Waals surface area contributed by atoms with Crippen LogP contribution in [0, 0.1) is 5.82 Å². The summed E-state index contributed by atoms with van der Waals surface area (Å²) in [6.45, 7) is 0.651. The Labute approximate surface area is 109 Å². The van der Waals surface area contributed by atoms with E-state index in [0.717, 1.165) is 29.9 Å². The molecule has 5 heteroatoms. The molecule has 0 fully saturated rings. The van der Waals surface area contributed by atoms with E-state index in [1.54, 1.807) is 0 Å². The summed E-state index contributed by atoms with van der Waals surface area (Å²) < 4.78 is 13.1. The predicted molar refractivity (Wildman–Crippen MR) is 68.3 cm³/mol. The summed E-state index contributed by atoms with van der Waals surface area (Å²) in [6.07, 6.45) is 1.87. The van der Waals surface area contributed by atoms with Crippen LogP contribution in [-0.2, 0) is 6.42 Å². The first kappa shape index (κ1) is 11.6. The van der Waals surface area contributed by atoms with Crippen molar-refractivity contribution in [3.63, 3.8) is 0 Å². The van der Waals surface area contributed by atoms with E-state index in [4.69, 9.17) is 5.11 Å². The second kappa shape index (κ2) is 4.35. The van der Waals surface area contributed by atoms with Gasteiger partial charge in [0, 0.05) is 12.2 Å². The van der Waals surface area contributed by atoms with Gasteiger partial charge in [0.25, 0.3) is 0 Å². The summed E-state index contributed by atoms with van der Waals surface area (Å²) >= 11 is 0. The summed E-state index contributed by atoms with van der Waals surface area (Å²) in [7, 11) is 0. The Morgan fingerprint density at radius 3 is 2.95 bits per heavy atom. The van der Waals surface area contributed by atoms with Crippen LogP contribution in [0.4, 0.5) is 15.9 Å². The van der Waals surface area contributed by atoms with Crippen LogP contribution in [0.2, 0.25) is 0 Å². The van der Waals surface area contributed by atoms with E-state index in [9.17, 15) is 9.18 Å². The number of rotatable bonds is 2.